The van der Waals surface area contributed by atoms with E-state index in [1.54, 1.807) is 0 Å². The highest BCUT2D eigenvalue weighted by atomic mass is 79.9. The van der Waals surface area contributed by atoms with Gasteiger partial charge in [0.1, 0.15) is 6.26 Å². The third-order valence-electron chi connectivity index (χ3n) is 3.02. The molecule has 6 heteroatoms. The van der Waals surface area contributed by atoms with Crippen LogP contribution in [0.1, 0.15) is 16.1 Å². The summed E-state index contributed by atoms with van der Waals surface area (Å²) in [6.07, 6.45) is 1.38. The molecule has 3 rings (SSSR count). The molecule has 23 heavy (non-hydrogen) atoms. The summed E-state index contributed by atoms with van der Waals surface area (Å²) >= 11 is 4.81. The number of anilines is 1. The lowest BCUT2D eigenvalue weighted by molar-refractivity contribution is 0.102. The molecule has 0 saturated carbocycles. The number of amides is 1. The van der Waals surface area contributed by atoms with Crippen molar-refractivity contribution in [2.45, 2.75) is 11.0 Å². The van der Waals surface area contributed by atoms with Crippen LogP contribution >= 0.6 is 27.7 Å². The first-order chi connectivity index (χ1) is 11.2. The van der Waals surface area contributed by atoms with Gasteiger partial charge in [-0.05, 0) is 29.8 Å². The summed E-state index contributed by atoms with van der Waals surface area (Å²) in [6, 6.07) is 17.4. The summed E-state index contributed by atoms with van der Waals surface area (Å²) in [5.74, 6) is 0.456. The molecule has 0 unspecified atom stereocenters. The Bertz CT molecular complexity index is 788. The molecule has 4 nitrogen and oxygen atoms in total. The number of nitrogens with zero attached hydrogens (tertiary/aromatic N) is 1. The van der Waals surface area contributed by atoms with Crippen molar-refractivity contribution in [1.82, 2.24) is 4.98 Å². The predicted molar refractivity (Wildman–Crippen MR) is 94.6 cm³/mol. The highest BCUT2D eigenvalue weighted by Crippen LogP contribution is 2.22. The zero-order valence-electron chi connectivity index (χ0n) is 12.0. The van der Waals surface area contributed by atoms with Crippen LogP contribution in [-0.4, -0.2) is 10.9 Å². The molecule has 0 fully saturated rings. The third kappa shape index (κ3) is 4.46. The standard InChI is InChI=1S/C17H13BrN2O2S/c18-13-6-8-14(9-7-13)19-16(21)15-10-22-17(20-15)23-11-12-4-2-1-3-5-12/h1-10H,11H2,(H,19,21). The van der Waals surface area contributed by atoms with Gasteiger partial charge in [0, 0.05) is 15.9 Å². The minimum Gasteiger partial charge on any atom is -0.439 e. The Balaban J connectivity index is 1.59. The maximum absolute atomic E-state index is 12.1. The maximum Gasteiger partial charge on any atom is 0.277 e. The number of thioether (sulfide) groups is 1. The van der Waals surface area contributed by atoms with Gasteiger partial charge in [-0.15, -0.1) is 0 Å². The number of benzene rings is 2. The Morgan fingerprint density at radius 1 is 1.13 bits per heavy atom. The molecule has 2 aromatic carbocycles. The number of oxazole rings is 1. The molecular formula is C17H13BrN2O2S. The molecule has 0 bridgehead atoms. The van der Waals surface area contributed by atoms with Crippen LogP contribution in [0.2, 0.25) is 0 Å². The first-order valence-corrected chi connectivity index (χ1v) is 8.68. The summed E-state index contributed by atoms with van der Waals surface area (Å²) < 4.78 is 6.30. The van der Waals surface area contributed by atoms with Crippen molar-refractivity contribution in [1.29, 1.82) is 0 Å². The van der Waals surface area contributed by atoms with Gasteiger partial charge in [0.25, 0.3) is 11.1 Å². The molecule has 0 aliphatic heterocycles. The molecule has 1 N–H and O–H groups in total. The van der Waals surface area contributed by atoms with Gasteiger partial charge < -0.3 is 9.73 Å². The summed E-state index contributed by atoms with van der Waals surface area (Å²) in [6.45, 7) is 0. The minimum absolute atomic E-state index is 0.267. The number of carbonyl (C=O) groups excluding carboxylic acids is 1. The Kier molecular flexibility index (Phi) is 5.15. The lowest BCUT2D eigenvalue weighted by Crippen LogP contribution is -2.12. The van der Waals surface area contributed by atoms with Crippen LogP contribution in [-0.2, 0) is 5.75 Å². The molecule has 3 aromatic rings. The zero-order valence-corrected chi connectivity index (χ0v) is 14.4. The third-order valence-corrected chi connectivity index (χ3v) is 4.46. The van der Waals surface area contributed by atoms with E-state index < -0.39 is 0 Å². The fourth-order valence-electron chi connectivity index (χ4n) is 1.88. The number of hydrogen-bond donors (Lipinski definition) is 1. The quantitative estimate of drug-likeness (QED) is 0.626. The maximum atomic E-state index is 12.1. The Hall–Kier alpha value is -2.05. The second kappa shape index (κ2) is 7.48. The molecule has 0 spiro atoms. The lowest BCUT2D eigenvalue weighted by Gasteiger charge is -2.02. The van der Waals surface area contributed by atoms with Crippen LogP contribution in [0, 0.1) is 0 Å². The van der Waals surface area contributed by atoms with Gasteiger partial charge in [-0.25, -0.2) is 0 Å². The molecule has 0 radical (unpaired) electrons. The van der Waals surface area contributed by atoms with Gasteiger partial charge in [0.05, 0.1) is 0 Å². The Morgan fingerprint density at radius 3 is 2.61 bits per heavy atom. The number of hydrogen-bond acceptors (Lipinski definition) is 4. The van der Waals surface area contributed by atoms with E-state index in [0.717, 1.165) is 10.2 Å². The summed E-state index contributed by atoms with van der Waals surface area (Å²) in [5, 5.41) is 3.26. The Morgan fingerprint density at radius 2 is 1.87 bits per heavy atom. The van der Waals surface area contributed by atoms with E-state index in [9.17, 15) is 4.79 Å². The van der Waals surface area contributed by atoms with Crippen molar-refractivity contribution in [3.8, 4) is 0 Å². The van der Waals surface area contributed by atoms with Crippen molar-refractivity contribution < 1.29 is 9.21 Å². The highest BCUT2D eigenvalue weighted by molar-refractivity contribution is 9.10. The molecule has 0 aliphatic carbocycles. The summed E-state index contributed by atoms with van der Waals surface area (Å²) in [4.78, 5) is 16.3. The second-order valence-electron chi connectivity index (χ2n) is 4.73. The minimum atomic E-state index is -0.289. The second-order valence-corrected chi connectivity index (χ2v) is 6.58. The number of carbonyl (C=O) groups is 1. The molecule has 1 amide bonds. The van der Waals surface area contributed by atoms with Gasteiger partial charge in [-0.1, -0.05) is 58.0 Å². The van der Waals surface area contributed by atoms with Crippen molar-refractivity contribution >= 4 is 39.3 Å². The van der Waals surface area contributed by atoms with Crippen molar-refractivity contribution in [2.75, 3.05) is 5.32 Å². The summed E-state index contributed by atoms with van der Waals surface area (Å²) in [5.41, 5.74) is 2.15. The molecule has 0 saturated heterocycles. The molecular weight excluding hydrogens is 376 g/mol. The first-order valence-electron chi connectivity index (χ1n) is 6.90. The molecule has 0 aliphatic rings. The van der Waals surface area contributed by atoms with Crippen molar-refractivity contribution in [3.63, 3.8) is 0 Å². The van der Waals surface area contributed by atoms with Crippen LogP contribution in [0.5, 0.6) is 0 Å². The molecule has 116 valence electrons. The number of nitrogens with one attached hydrogen (secondary N) is 1. The van der Waals surface area contributed by atoms with E-state index >= 15 is 0 Å². The Labute approximate surface area is 146 Å². The molecule has 1 heterocycles. The fraction of sp³-hybridized carbons (Fsp3) is 0.0588. The normalized spacial score (nSPS) is 10.5. The van der Waals surface area contributed by atoms with E-state index in [-0.39, 0.29) is 11.6 Å². The van der Waals surface area contributed by atoms with Gasteiger partial charge >= 0.3 is 0 Å². The van der Waals surface area contributed by atoms with Crippen LogP contribution in [0.15, 0.2) is 75.0 Å². The van der Waals surface area contributed by atoms with Gasteiger partial charge in [-0.2, -0.15) is 4.98 Å². The number of rotatable bonds is 5. The van der Waals surface area contributed by atoms with E-state index in [4.69, 9.17) is 4.42 Å². The van der Waals surface area contributed by atoms with Gasteiger partial charge in [0.15, 0.2) is 5.69 Å². The summed E-state index contributed by atoms with van der Waals surface area (Å²) in [7, 11) is 0. The zero-order chi connectivity index (χ0) is 16.1. The number of aromatic nitrogens is 1. The molecule has 0 atom stereocenters. The van der Waals surface area contributed by atoms with Gasteiger partial charge in [0.2, 0.25) is 0 Å². The first kappa shape index (κ1) is 15.8. The smallest absolute Gasteiger partial charge is 0.277 e. The van der Waals surface area contributed by atoms with E-state index in [1.807, 2.05) is 54.6 Å². The van der Waals surface area contributed by atoms with Crippen LogP contribution in [0.4, 0.5) is 5.69 Å². The van der Waals surface area contributed by atoms with E-state index in [0.29, 0.717) is 10.9 Å². The molecule has 1 aromatic heterocycles. The van der Waals surface area contributed by atoms with E-state index in [2.05, 4.69) is 26.2 Å². The van der Waals surface area contributed by atoms with Crippen LogP contribution < -0.4 is 5.32 Å². The van der Waals surface area contributed by atoms with Crippen LogP contribution in [0.3, 0.4) is 0 Å². The average molecular weight is 389 g/mol. The van der Waals surface area contributed by atoms with Crippen LogP contribution in [0.25, 0.3) is 0 Å². The van der Waals surface area contributed by atoms with Crippen molar-refractivity contribution in [3.05, 3.63) is 76.6 Å². The predicted octanol–water partition coefficient (Wildman–Crippen LogP) is 4.98. The average Bonchev–Trinajstić information content (AvgIpc) is 3.05. The lowest BCUT2D eigenvalue weighted by atomic mass is 10.2. The topological polar surface area (TPSA) is 55.1 Å². The fourth-order valence-corrected chi connectivity index (χ4v) is 2.90. The van der Waals surface area contributed by atoms with E-state index in [1.165, 1.54) is 23.6 Å². The SMILES string of the molecule is O=C(Nc1ccc(Br)cc1)c1coc(SCc2ccccc2)n1. The number of halogens is 1. The largest absolute Gasteiger partial charge is 0.439 e. The monoisotopic (exact) mass is 388 g/mol. The van der Waals surface area contributed by atoms with Gasteiger partial charge in [-0.3, -0.25) is 4.79 Å². The highest BCUT2D eigenvalue weighted by Gasteiger charge is 2.13. The van der Waals surface area contributed by atoms with Crippen molar-refractivity contribution in [2.24, 2.45) is 0 Å².